The number of nitrogens with zero attached hydrogens (tertiary/aromatic N) is 1. The molecule has 0 radical (unpaired) electrons. The number of benzene rings is 1. The van der Waals surface area contributed by atoms with Gasteiger partial charge in [0.1, 0.15) is 11.9 Å². The lowest BCUT2D eigenvalue weighted by molar-refractivity contribution is -0.139. The first-order valence-electron chi connectivity index (χ1n) is 12.8. The zero-order valence-corrected chi connectivity index (χ0v) is 20.2. The van der Waals surface area contributed by atoms with Gasteiger partial charge in [0, 0.05) is 24.7 Å². The molecule has 2 saturated carbocycles. The summed E-state index contributed by atoms with van der Waals surface area (Å²) in [6.45, 7) is 1.22. The van der Waals surface area contributed by atoms with E-state index in [1.165, 1.54) is 6.42 Å². The number of carbonyl (C=O) groups is 2. The first-order valence-corrected chi connectivity index (χ1v) is 12.8. The van der Waals surface area contributed by atoms with Crippen molar-refractivity contribution in [1.29, 1.82) is 0 Å². The quantitative estimate of drug-likeness (QED) is 0.544. The van der Waals surface area contributed by atoms with Crippen LogP contribution in [0.25, 0.3) is 0 Å². The summed E-state index contributed by atoms with van der Waals surface area (Å²) in [5.41, 5.74) is -2.31. The zero-order valence-electron chi connectivity index (χ0n) is 20.2. The zero-order chi connectivity index (χ0) is 25.2. The standard InChI is InChI=1S/C26H35F4N3O2/c1-31-19-9-13-33(14-10-19)23(34)22(15-17-5-3-2-4-6-17)32-24(35)25(11-12-25)20-8-7-18(16-21(20)27)26(28,29)30/h7-8,16-17,19,22,31H,2-6,9-15H2,1H3,(H,32,35)/t22-/m0/s1. The minimum absolute atomic E-state index is 0.0262. The third-order valence-electron chi connectivity index (χ3n) is 8.11. The van der Waals surface area contributed by atoms with E-state index in [2.05, 4.69) is 10.6 Å². The maximum Gasteiger partial charge on any atom is 0.416 e. The Bertz CT molecular complexity index is 918. The predicted octanol–water partition coefficient (Wildman–Crippen LogP) is 4.54. The Morgan fingerprint density at radius 2 is 1.74 bits per heavy atom. The van der Waals surface area contributed by atoms with Crippen molar-refractivity contribution in [3.63, 3.8) is 0 Å². The highest BCUT2D eigenvalue weighted by Gasteiger charge is 2.54. The molecule has 1 heterocycles. The average molecular weight is 498 g/mol. The second-order valence-electron chi connectivity index (χ2n) is 10.4. The highest BCUT2D eigenvalue weighted by molar-refractivity contribution is 5.95. The van der Waals surface area contributed by atoms with E-state index in [1.807, 2.05) is 7.05 Å². The third-order valence-corrected chi connectivity index (χ3v) is 8.11. The number of amides is 2. The Morgan fingerprint density at radius 1 is 1.09 bits per heavy atom. The van der Waals surface area contributed by atoms with Gasteiger partial charge in [-0.3, -0.25) is 9.59 Å². The van der Waals surface area contributed by atoms with Crippen LogP contribution < -0.4 is 10.6 Å². The van der Waals surface area contributed by atoms with Crippen molar-refractivity contribution >= 4 is 11.8 Å². The molecule has 0 bridgehead atoms. The minimum Gasteiger partial charge on any atom is -0.344 e. The summed E-state index contributed by atoms with van der Waals surface area (Å²) in [5.74, 6) is -1.26. The molecule has 2 amide bonds. The van der Waals surface area contributed by atoms with Crippen LogP contribution in [0.4, 0.5) is 17.6 Å². The Hall–Kier alpha value is -2.16. The van der Waals surface area contributed by atoms with Crippen LogP contribution in [0, 0.1) is 11.7 Å². The van der Waals surface area contributed by atoms with Gasteiger partial charge in [0.2, 0.25) is 11.8 Å². The molecule has 1 aliphatic heterocycles. The largest absolute Gasteiger partial charge is 0.416 e. The van der Waals surface area contributed by atoms with E-state index < -0.39 is 34.9 Å². The Labute approximate surface area is 204 Å². The van der Waals surface area contributed by atoms with Crippen LogP contribution in [-0.4, -0.2) is 48.9 Å². The molecule has 0 aromatic heterocycles. The van der Waals surface area contributed by atoms with E-state index in [4.69, 9.17) is 0 Å². The summed E-state index contributed by atoms with van der Waals surface area (Å²) in [6.07, 6.45) is 3.67. The molecule has 194 valence electrons. The molecule has 1 aromatic carbocycles. The van der Waals surface area contributed by atoms with Crippen molar-refractivity contribution in [2.24, 2.45) is 5.92 Å². The molecule has 0 spiro atoms. The van der Waals surface area contributed by atoms with Crippen molar-refractivity contribution in [1.82, 2.24) is 15.5 Å². The molecule has 1 atom stereocenters. The molecular formula is C26H35F4N3O2. The van der Waals surface area contributed by atoms with Crippen molar-refractivity contribution in [3.05, 3.63) is 35.1 Å². The maximum absolute atomic E-state index is 14.7. The lowest BCUT2D eigenvalue weighted by Crippen LogP contribution is -2.54. The molecule has 0 unspecified atom stereocenters. The van der Waals surface area contributed by atoms with Crippen molar-refractivity contribution < 1.29 is 27.2 Å². The van der Waals surface area contributed by atoms with Gasteiger partial charge in [0.25, 0.3) is 0 Å². The van der Waals surface area contributed by atoms with Crippen LogP contribution in [0.1, 0.15) is 75.3 Å². The molecule has 1 aromatic rings. The Balaban J connectivity index is 1.51. The van der Waals surface area contributed by atoms with E-state index in [1.54, 1.807) is 4.90 Å². The number of hydrogen-bond donors (Lipinski definition) is 2. The maximum atomic E-state index is 14.7. The number of halogens is 4. The van der Waals surface area contributed by atoms with Gasteiger partial charge in [-0.25, -0.2) is 4.39 Å². The van der Waals surface area contributed by atoms with E-state index in [-0.39, 0.29) is 11.5 Å². The van der Waals surface area contributed by atoms with E-state index >= 15 is 0 Å². The second-order valence-corrected chi connectivity index (χ2v) is 10.4. The highest BCUT2D eigenvalue weighted by atomic mass is 19.4. The van der Waals surface area contributed by atoms with Gasteiger partial charge in [-0.05, 0) is 57.2 Å². The van der Waals surface area contributed by atoms with Gasteiger partial charge >= 0.3 is 6.18 Å². The molecule has 2 N–H and O–H groups in total. The molecule has 9 heteroatoms. The van der Waals surface area contributed by atoms with Crippen LogP contribution in [0.5, 0.6) is 0 Å². The van der Waals surface area contributed by atoms with Crippen LogP contribution in [0.3, 0.4) is 0 Å². The average Bonchev–Trinajstić information content (AvgIpc) is 3.65. The number of rotatable bonds is 7. The predicted molar refractivity (Wildman–Crippen MR) is 124 cm³/mol. The number of hydrogen-bond acceptors (Lipinski definition) is 3. The van der Waals surface area contributed by atoms with E-state index in [9.17, 15) is 27.2 Å². The summed E-state index contributed by atoms with van der Waals surface area (Å²) in [7, 11) is 1.91. The number of alkyl halides is 3. The topological polar surface area (TPSA) is 61.4 Å². The minimum atomic E-state index is -4.66. The summed E-state index contributed by atoms with van der Waals surface area (Å²) in [6, 6.07) is 2.02. The fraction of sp³-hybridized carbons (Fsp3) is 0.692. The fourth-order valence-corrected chi connectivity index (χ4v) is 5.71. The molecular weight excluding hydrogens is 462 g/mol. The first kappa shape index (κ1) is 25.9. The van der Waals surface area contributed by atoms with Crippen molar-refractivity contribution in [2.75, 3.05) is 20.1 Å². The van der Waals surface area contributed by atoms with E-state index in [0.29, 0.717) is 50.4 Å². The fourth-order valence-electron chi connectivity index (χ4n) is 5.71. The SMILES string of the molecule is CNC1CCN(C(=O)[C@H](CC2CCCCC2)NC(=O)C2(c3ccc(C(F)(F)F)cc3F)CC2)CC1. The van der Waals surface area contributed by atoms with Gasteiger partial charge in [0.05, 0.1) is 11.0 Å². The molecule has 2 aliphatic carbocycles. The van der Waals surface area contributed by atoms with Crippen molar-refractivity contribution in [3.8, 4) is 0 Å². The number of nitrogens with one attached hydrogen (secondary N) is 2. The molecule has 3 aliphatic rings. The Kier molecular flexibility index (Phi) is 7.74. The monoisotopic (exact) mass is 497 g/mol. The Morgan fingerprint density at radius 3 is 2.29 bits per heavy atom. The van der Waals surface area contributed by atoms with Crippen LogP contribution in [0.15, 0.2) is 18.2 Å². The molecule has 4 rings (SSSR count). The summed E-state index contributed by atoms with van der Waals surface area (Å²) in [4.78, 5) is 28.7. The molecule has 5 nitrogen and oxygen atoms in total. The van der Waals surface area contributed by atoms with Crippen LogP contribution in [0.2, 0.25) is 0 Å². The van der Waals surface area contributed by atoms with E-state index in [0.717, 1.165) is 50.7 Å². The highest BCUT2D eigenvalue weighted by Crippen LogP contribution is 2.50. The number of likely N-dealkylation sites (tertiary alicyclic amines) is 1. The van der Waals surface area contributed by atoms with Crippen LogP contribution >= 0.6 is 0 Å². The van der Waals surface area contributed by atoms with Gasteiger partial charge < -0.3 is 15.5 Å². The normalized spacial score (nSPS) is 22.0. The number of piperidine rings is 1. The molecule has 35 heavy (non-hydrogen) atoms. The van der Waals surface area contributed by atoms with Gasteiger partial charge in [0.15, 0.2) is 0 Å². The van der Waals surface area contributed by atoms with Gasteiger partial charge in [-0.1, -0.05) is 38.2 Å². The van der Waals surface area contributed by atoms with Gasteiger partial charge in [-0.15, -0.1) is 0 Å². The smallest absolute Gasteiger partial charge is 0.344 e. The summed E-state index contributed by atoms with van der Waals surface area (Å²) in [5, 5.41) is 6.17. The molecule has 1 saturated heterocycles. The van der Waals surface area contributed by atoms with Crippen LogP contribution in [-0.2, 0) is 21.2 Å². The lowest BCUT2D eigenvalue weighted by atomic mass is 9.84. The second kappa shape index (κ2) is 10.4. The first-order chi connectivity index (χ1) is 16.6. The van der Waals surface area contributed by atoms with Crippen molar-refractivity contribution in [2.45, 2.75) is 87.9 Å². The van der Waals surface area contributed by atoms with Gasteiger partial charge in [-0.2, -0.15) is 13.2 Å². The lowest BCUT2D eigenvalue weighted by Gasteiger charge is -2.36. The molecule has 3 fully saturated rings. The summed E-state index contributed by atoms with van der Waals surface area (Å²) < 4.78 is 53.7. The summed E-state index contributed by atoms with van der Waals surface area (Å²) >= 11 is 0. The third kappa shape index (κ3) is 5.81. The number of carbonyl (C=O) groups excluding carboxylic acids is 2.